The van der Waals surface area contributed by atoms with Gasteiger partial charge in [-0.1, -0.05) is 0 Å². The van der Waals surface area contributed by atoms with Gasteiger partial charge in [0.05, 0.1) is 0 Å². The van der Waals surface area contributed by atoms with Crippen LogP contribution in [0.25, 0.3) is 0 Å². The quantitative estimate of drug-likeness (QED) is 0.411. The first-order chi connectivity index (χ1) is 2.56. The van der Waals surface area contributed by atoms with E-state index in [0.717, 1.165) is 7.11 Å². The van der Waals surface area contributed by atoms with Crippen LogP contribution in [-0.2, 0) is 27.6 Å². The summed E-state index contributed by atoms with van der Waals surface area (Å²) in [4.78, 5) is 15.4. The number of phosphoric ester groups is 1. The maximum absolute atomic E-state index is 9.47. The van der Waals surface area contributed by atoms with Crippen LogP contribution in [0.1, 0.15) is 0 Å². The van der Waals surface area contributed by atoms with E-state index in [2.05, 4.69) is 4.52 Å². The van der Waals surface area contributed by atoms with Gasteiger partial charge in [0.1, 0.15) is 0 Å². The molecule has 0 rings (SSSR count). The van der Waals surface area contributed by atoms with Crippen LogP contribution in [0.4, 0.5) is 0 Å². The van der Waals surface area contributed by atoms with E-state index in [4.69, 9.17) is 9.79 Å². The molecule has 0 aliphatic carbocycles. The molecule has 0 unspecified atom stereocenters. The zero-order valence-corrected chi connectivity index (χ0v) is 5.90. The van der Waals surface area contributed by atoms with Crippen molar-refractivity contribution in [3.8, 4) is 0 Å². The monoisotopic (exact) mass is 187 g/mol. The minimum atomic E-state index is -4.15. The molecule has 0 aliphatic heterocycles. The molecule has 1 radical (unpaired) electrons. The normalized spacial score (nSPS) is 8.88. The smallest absolute Gasteiger partial charge is 0 e. The van der Waals surface area contributed by atoms with Gasteiger partial charge in [0, 0.05) is 25.7 Å². The van der Waals surface area contributed by atoms with E-state index in [1.807, 2.05) is 0 Å². The van der Waals surface area contributed by atoms with Gasteiger partial charge in [-0.3, -0.25) is 4.52 Å². The molecule has 0 heterocycles. The first kappa shape index (κ1) is 16.4. The summed E-state index contributed by atoms with van der Waals surface area (Å²) in [5, 5.41) is 0. The Labute approximate surface area is 81.4 Å². The van der Waals surface area contributed by atoms with E-state index in [0.29, 0.717) is 0 Å². The zero-order valence-electron chi connectivity index (χ0n) is 3.61. The van der Waals surface area contributed by atoms with Crippen molar-refractivity contribution in [1.82, 2.24) is 0 Å². The molecule has 0 spiro atoms. The van der Waals surface area contributed by atoms with Crippen LogP contribution in [-0.4, -0.2) is 46.5 Å². The molecule has 8 heavy (non-hydrogen) atoms. The van der Waals surface area contributed by atoms with E-state index < -0.39 is 7.82 Å². The third-order valence-corrected chi connectivity index (χ3v) is 0.714. The molecule has 0 fully saturated rings. The Morgan fingerprint density at radius 1 is 1.50 bits per heavy atom. The Bertz CT molecular complexity index is 80.1. The van der Waals surface area contributed by atoms with E-state index in [1.165, 1.54) is 0 Å². The minimum Gasteiger partial charge on any atom is 0 e. The summed E-state index contributed by atoms with van der Waals surface area (Å²) in [6.45, 7) is 0. The number of hydrogen-bond donors (Lipinski definition) is 2. The summed E-state index contributed by atoms with van der Waals surface area (Å²) in [5.74, 6) is 0. The zero-order chi connectivity index (χ0) is 5.21. The molecule has 0 bridgehead atoms. The van der Waals surface area contributed by atoms with Gasteiger partial charge >= 0.3 is 37.4 Å². The Balaban J connectivity index is -0.000000125. The van der Waals surface area contributed by atoms with Gasteiger partial charge in [-0.25, -0.2) is 4.57 Å². The summed E-state index contributed by atoms with van der Waals surface area (Å²) in [7, 11) is -3.20. The van der Waals surface area contributed by atoms with Crippen molar-refractivity contribution in [3.05, 3.63) is 0 Å². The van der Waals surface area contributed by atoms with Crippen molar-refractivity contribution in [1.29, 1.82) is 0 Å². The fourth-order valence-corrected chi connectivity index (χ4v) is 0. The molecule has 0 aromatic rings. The Kier molecular flexibility index (Phi) is 13.9. The minimum absolute atomic E-state index is 0. The molecule has 0 amide bonds. The van der Waals surface area contributed by atoms with E-state index >= 15 is 0 Å². The number of phosphoric acid groups is 1. The van der Waals surface area contributed by atoms with Gasteiger partial charge in [-0.05, 0) is 0 Å². The summed E-state index contributed by atoms with van der Waals surface area (Å²) >= 11 is 0. The maximum Gasteiger partial charge on any atom is 0 e. The molecule has 0 aromatic heterocycles. The Hall–Kier alpha value is 1.69. The van der Waals surface area contributed by atoms with Crippen molar-refractivity contribution >= 4 is 37.4 Å². The van der Waals surface area contributed by atoms with Crippen LogP contribution in [0.15, 0.2) is 0 Å². The SMILES string of the molecule is COP(=O)(O)O.[NaH].[V]. The predicted octanol–water partition coefficient (Wildman–Crippen LogP) is -0.926. The van der Waals surface area contributed by atoms with Gasteiger partial charge < -0.3 is 9.79 Å². The molecule has 0 saturated heterocycles. The molecule has 0 aromatic carbocycles. The number of rotatable bonds is 1. The third-order valence-electron chi connectivity index (χ3n) is 0.238. The van der Waals surface area contributed by atoms with Crippen LogP contribution in [0.2, 0.25) is 0 Å². The van der Waals surface area contributed by atoms with Crippen LogP contribution >= 0.6 is 7.82 Å². The van der Waals surface area contributed by atoms with E-state index in [1.54, 1.807) is 0 Å². The standard InChI is InChI=1S/CH5O4P.Na.V.H/c1-5-6(2,3)4;;;/h1H3,(H2,2,3,4);;;. The average molecular weight is 187 g/mol. The molecular formula is CH6NaO4PV. The second-order valence-corrected chi connectivity index (χ2v) is 2.02. The molecule has 4 nitrogen and oxygen atoms in total. The van der Waals surface area contributed by atoms with Gasteiger partial charge in [-0.15, -0.1) is 0 Å². The van der Waals surface area contributed by atoms with E-state index in [9.17, 15) is 4.57 Å². The van der Waals surface area contributed by atoms with Gasteiger partial charge in [-0.2, -0.15) is 0 Å². The largest absolute Gasteiger partial charge is 0 e. The molecule has 0 aliphatic rings. The summed E-state index contributed by atoms with van der Waals surface area (Å²) in [5.41, 5.74) is 0. The van der Waals surface area contributed by atoms with Crippen LogP contribution < -0.4 is 0 Å². The second-order valence-electron chi connectivity index (χ2n) is 0.673. The van der Waals surface area contributed by atoms with Crippen LogP contribution in [0, 0.1) is 0 Å². The molecular weight excluding hydrogens is 181 g/mol. The van der Waals surface area contributed by atoms with Gasteiger partial charge in [0.2, 0.25) is 0 Å². The summed E-state index contributed by atoms with van der Waals surface area (Å²) < 4.78 is 13.1. The van der Waals surface area contributed by atoms with Gasteiger partial charge in [0.15, 0.2) is 0 Å². The van der Waals surface area contributed by atoms with E-state index in [-0.39, 0.29) is 48.1 Å². The molecule has 2 N–H and O–H groups in total. The first-order valence-corrected chi connectivity index (χ1v) is 2.70. The fraction of sp³-hybridized carbons (Fsp3) is 1.00. The topological polar surface area (TPSA) is 66.8 Å². The maximum atomic E-state index is 9.47. The molecule has 45 valence electrons. The molecule has 7 heteroatoms. The van der Waals surface area contributed by atoms with Gasteiger partial charge in [0.25, 0.3) is 0 Å². The van der Waals surface area contributed by atoms with Crippen LogP contribution in [0.5, 0.6) is 0 Å². The third kappa shape index (κ3) is 15.6. The second kappa shape index (κ2) is 6.81. The Morgan fingerprint density at radius 2 is 1.62 bits per heavy atom. The van der Waals surface area contributed by atoms with Crippen molar-refractivity contribution in [2.45, 2.75) is 0 Å². The Morgan fingerprint density at radius 3 is 1.62 bits per heavy atom. The van der Waals surface area contributed by atoms with Crippen molar-refractivity contribution in [2.24, 2.45) is 0 Å². The molecule has 0 saturated carbocycles. The summed E-state index contributed by atoms with van der Waals surface area (Å²) in [6.07, 6.45) is 0. The number of hydrogen-bond acceptors (Lipinski definition) is 2. The van der Waals surface area contributed by atoms with Crippen molar-refractivity contribution in [3.63, 3.8) is 0 Å². The van der Waals surface area contributed by atoms with Crippen LogP contribution in [0.3, 0.4) is 0 Å². The van der Waals surface area contributed by atoms with Crippen molar-refractivity contribution < 1.29 is 37.4 Å². The van der Waals surface area contributed by atoms with Crippen molar-refractivity contribution in [2.75, 3.05) is 7.11 Å². The predicted molar refractivity (Wildman–Crippen MR) is 26.2 cm³/mol. The first-order valence-electron chi connectivity index (χ1n) is 1.17. The molecule has 0 atom stereocenters. The fourth-order valence-electron chi connectivity index (χ4n) is 0. The average Bonchev–Trinajstić information content (AvgIpc) is 1.35. The summed E-state index contributed by atoms with van der Waals surface area (Å²) in [6, 6.07) is 0.